The molecule has 1 aromatic rings. The third kappa shape index (κ3) is 27.4. The Morgan fingerprint density at radius 2 is 0.441 bits per heavy atom. The van der Waals surface area contributed by atoms with E-state index in [9.17, 15) is 0 Å². The Labute approximate surface area is 433 Å². The number of hydrogen-bond acceptors (Lipinski definition) is 14. The fourth-order valence-corrected chi connectivity index (χ4v) is 86.5. The molecule has 1 aromatic carbocycles. The van der Waals surface area contributed by atoms with Crippen LogP contribution in [0.25, 0.3) is 6.08 Å². The van der Waals surface area contributed by atoms with Crippen molar-refractivity contribution in [2.24, 2.45) is 0 Å². The van der Waals surface area contributed by atoms with Crippen molar-refractivity contribution in [3.8, 4) is 0 Å². The molecule has 0 aliphatic rings. The second-order valence-electron chi connectivity index (χ2n) is 25.0. The highest BCUT2D eigenvalue weighted by Gasteiger charge is 2.53. The molecule has 0 heterocycles. The molecular weight excluding hydrogens is 1110 g/mol. The van der Waals surface area contributed by atoms with Crippen LogP contribution in [-0.4, -0.2) is 128 Å². The van der Waals surface area contributed by atoms with Crippen molar-refractivity contribution in [3.05, 3.63) is 36.4 Å². The molecule has 68 heavy (non-hydrogen) atoms. The van der Waals surface area contributed by atoms with Gasteiger partial charge in [-0.25, -0.2) is 0 Å². The quantitative estimate of drug-likeness (QED) is 0.0678. The van der Waals surface area contributed by atoms with Crippen LogP contribution in [0.15, 0.2) is 30.8 Å². The summed E-state index contributed by atoms with van der Waals surface area (Å²) in [6, 6.07) is 8.33. The maximum Gasteiger partial charge on any atom is 0.314 e. The first-order valence-corrected chi connectivity index (χ1v) is 66.9. The number of rotatable bonds is 30. The minimum absolute atomic E-state index is 1.11. The molecule has 0 radical (unpaired) electrons. The van der Waals surface area contributed by atoms with E-state index in [2.05, 4.69) is 228 Å². The smallest absolute Gasteiger partial charge is 0.314 e. The molecule has 0 saturated carbocycles. The largest absolute Gasteiger partial charge is 0.437 e. The summed E-state index contributed by atoms with van der Waals surface area (Å²) in [5.74, 6) is 0. The molecule has 0 bridgehead atoms. The molecule has 1 rings (SSSR count). The molecule has 0 atom stereocenters. The molecule has 0 N–H and O–H groups in total. The van der Waals surface area contributed by atoms with Crippen LogP contribution in [0.4, 0.5) is 0 Å². The Bertz CT molecular complexity index is 1820. The van der Waals surface area contributed by atoms with E-state index in [0.717, 1.165) is 5.56 Å². The fourth-order valence-electron chi connectivity index (χ4n) is 10.0. The first-order chi connectivity index (χ1) is 29.5. The first-order valence-electron chi connectivity index (χ1n) is 24.0. The minimum atomic E-state index is -2.81. The molecule has 0 aromatic heterocycles. The Balaban J connectivity index is 2.99. The van der Waals surface area contributed by atoms with Crippen molar-refractivity contribution < 1.29 is 57.6 Å². The van der Waals surface area contributed by atoms with Crippen molar-refractivity contribution in [2.75, 3.05) is 0 Å². The van der Waals surface area contributed by atoms with Gasteiger partial charge in [0, 0.05) is 0 Å². The van der Waals surface area contributed by atoms with Crippen molar-refractivity contribution in [1.82, 2.24) is 0 Å². The summed E-state index contributed by atoms with van der Waals surface area (Å²) < 4.78 is 95.6. The van der Waals surface area contributed by atoms with Crippen LogP contribution in [0.1, 0.15) is 5.56 Å². The van der Waals surface area contributed by atoms with E-state index in [0.29, 0.717) is 0 Å². The second kappa shape index (κ2) is 23.1. The summed E-state index contributed by atoms with van der Waals surface area (Å²) in [5.41, 5.74) is 1.11. The van der Waals surface area contributed by atoms with Crippen LogP contribution in [0.5, 0.6) is 0 Å². The van der Waals surface area contributed by atoms with Gasteiger partial charge in [-0.1, -0.05) is 36.9 Å². The monoisotopic (exact) mass is 1210 g/mol. The van der Waals surface area contributed by atoms with Gasteiger partial charge in [0.05, 0.1) is 0 Å². The van der Waals surface area contributed by atoms with Gasteiger partial charge in [0.2, 0.25) is 8.32 Å². The van der Waals surface area contributed by atoms with Crippen molar-refractivity contribution in [1.29, 1.82) is 0 Å². The fraction of sp³-hybridized carbons (Fsp3) is 0.795. The SMILES string of the molecule is C=Cc1ccccc1[Si](C)(C)O[Si](C)(C)O[Si](C)(C)O[Si](C)(C)O[Si](C)(C)O[Si](C)(C)O[Si](C)(C)O[Si](C)(C)O[Si](C)(C)O[Si](C)(C)O[Si](C)(C)O[Si](C)(C)O[Si](C)(C)O[Si](C)(C)O[Si](C)(C)C. The van der Waals surface area contributed by atoms with Crippen LogP contribution in [0.3, 0.4) is 0 Å². The van der Waals surface area contributed by atoms with Gasteiger partial charge in [0.25, 0.3) is 0 Å². The van der Waals surface area contributed by atoms with Gasteiger partial charge in [-0.3, -0.25) is 0 Å². The summed E-state index contributed by atoms with van der Waals surface area (Å²) in [4.78, 5) is 0. The van der Waals surface area contributed by atoms with E-state index in [1.54, 1.807) is 0 Å². The van der Waals surface area contributed by atoms with Crippen LogP contribution in [0, 0.1) is 0 Å². The Morgan fingerprint density at radius 1 is 0.265 bits per heavy atom. The van der Waals surface area contributed by atoms with Crippen LogP contribution in [-0.2, 0) is 57.6 Å². The van der Waals surface area contributed by atoms with Gasteiger partial charge in [0.15, 0.2) is 8.32 Å². The zero-order chi connectivity index (χ0) is 54.1. The van der Waals surface area contributed by atoms with E-state index in [4.69, 9.17) is 57.6 Å². The molecule has 0 aliphatic carbocycles. The van der Waals surface area contributed by atoms with Gasteiger partial charge < -0.3 is 57.6 Å². The lowest BCUT2D eigenvalue weighted by Gasteiger charge is -2.45. The molecule has 0 amide bonds. The molecular formula is C39H100O14Si15. The average Bonchev–Trinajstić information content (AvgIpc) is 2.90. The first kappa shape index (κ1) is 67.7. The maximum atomic E-state index is 6.94. The molecule has 0 aliphatic heterocycles. The van der Waals surface area contributed by atoms with E-state index in [1.165, 1.54) is 5.19 Å². The van der Waals surface area contributed by atoms with Gasteiger partial charge in [-0.05, 0) is 214 Å². The summed E-state index contributed by atoms with van der Waals surface area (Å²) in [6.07, 6.45) is 1.90. The third-order valence-electron chi connectivity index (χ3n) is 8.78. The van der Waals surface area contributed by atoms with Crippen molar-refractivity contribution >= 4 is 139 Å². The lowest BCUT2D eigenvalue weighted by molar-refractivity contribution is 0.251. The summed E-state index contributed by atoms with van der Waals surface area (Å²) in [6.45, 7) is 69.0. The Morgan fingerprint density at radius 3 is 0.632 bits per heavy atom. The molecule has 0 saturated heterocycles. The zero-order valence-electron chi connectivity index (χ0n) is 48.8. The Kier molecular flexibility index (Phi) is 23.0. The van der Waals surface area contributed by atoms with Gasteiger partial charge in [-0.15, -0.1) is 0 Å². The molecule has 0 fully saturated rings. The Hall–Kier alpha value is 1.65. The zero-order valence-corrected chi connectivity index (χ0v) is 63.8. The second-order valence-corrected chi connectivity index (χ2v) is 80.7. The van der Waals surface area contributed by atoms with Crippen LogP contribution in [0.2, 0.25) is 203 Å². The van der Waals surface area contributed by atoms with Crippen molar-refractivity contribution in [3.63, 3.8) is 0 Å². The van der Waals surface area contributed by atoms with Gasteiger partial charge >= 0.3 is 111 Å². The third-order valence-corrected chi connectivity index (χ3v) is 66.1. The summed E-state index contributed by atoms with van der Waals surface area (Å²) in [5, 5.41) is 1.21. The maximum absolute atomic E-state index is 6.94. The lowest BCUT2D eigenvalue weighted by Crippen LogP contribution is -2.63. The predicted molar refractivity (Wildman–Crippen MR) is 319 cm³/mol. The molecule has 0 unspecified atom stereocenters. The van der Waals surface area contributed by atoms with E-state index < -0.39 is 128 Å². The molecule has 29 heteroatoms. The minimum Gasteiger partial charge on any atom is -0.437 e. The molecule has 14 nitrogen and oxygen atoms in total. The average molecular weight is 1210 g/mol. The lowest BCUT2D eigenvalue weighted by atomic mass is 10.2. The van der Waals surface area contributed by atoms with Gasteiger partial charge in [-0.2, -0.15) is 0 Å². The highest BCUT2D eigenvalue weighted by molar-refractivity contribution is 6.96. The number of hydrogen-bond donors (Lipinski definition) is 0. The van der Waals surface area contributed by atoms with E-state index >= 15 is 0 Å². The standard InChI is InChI=1S/C39H100O14Si15/c1-33-38-36-34-35-37-39(38)55(5,6)41-57(9,10)43-59(13,14)45-61(17,18)47-63(21,22)49-65(25,26)51-67(29,30)53-68(31,32)52-66(27,28)50-64(23,24)48-62(19,20)46-60(15,16)44-58(11,12)42-56(7,8)40-54(2,3)4/h33-37H,1H2,2-32H3. The predicted octanol–water partition coefficient (Wildman–Crippen LogP) is 12.9. The summed E-state index contributed by atoms with van der Waals surface area (Å²) in [7, 11) is -39.4. The number of benzene rings is 1. The summed E-state index contributed by atoms with van der Waals surface area (Å²) >= 11 is 0. The van der Waals surface area contributed by atoms with Crippen molar-refractivity contribution in [2.45, 2.75) is 203 Å². The highest BCUT2D eigenvalue weighted by Crippen LogP contribution is 2.33. The van der Waals surface area contributed by atoms with E-state index in [-0.39, 0.29) is 0 Å². The topological polar surface area (TPSA) is 129 Å². The van der Waals surface area contributed by atoms with Crippen LogP contribution < -0.4 is 5.19 Å². The van der Waals surface area contributed by atoms with E-state index in [1.807, 2.05) is 12.1 Å². The van der Waals surface area contributed by atoms with Gasteiger partial charge in [0.1, 0.15) is 0 Å². The van der Waals surface area contributed by atoms with Crippen LogP contribution >= 0.6 is 0 Å². The highest BCUT2D eigenvalue weighted by atomic mass is 28.5. The molecule has 0 spiro atoms. The normalized spacial score (nSPS) is 15.6. The molecule has 400 valence electrons.